The Labute approximate surface area is 298 Å². The molecule has 2 heterocycles. The molecular formula is C43H56N2O3S. The highest BCUT2D eigenvalue weighted by atomic mass is 32.1. The molecule has 0 atom stereocenters. The summed E-state index contributed by atoms with van der Waals surface area (Å²) >= 11 is 1.11. The lowest BCUT2D eigenvalue weighted by atomic mass is 10.1. The van der Waals surface area contributed by atoms with E-state index >= 15 is 0 Å². The fraction of sp³-hybridized carbons (Fsp3) is 0.395. The van der Waals surface area contributed by atoms with E-state index in [9.17, 15) is 9.90 Å². The fourth-order valence-corrected chi connectivity index (χ4v) is 6.07. The van der Waals surface area contributed by atoms with Crippen LogP contribution in [0.2, 0.25) is 0 Å². The van der Waals surface area contributed by atoms with Crippen molar-refractivity contribution in [1.82, 2.24) is 9.55 Å². The zero-order valence-corrected chi connectivity index (χ0v) is 30.5. The van der Waals surface area contributed by atoms with Crippen molar-refractivity contribution >= 4 is 11.3 Å². The largest absolute Gasteiger partial charge is 0.494 e. The Morgan fingerprint density at radius 2 is 1.47 bits per heavy atom. The van der Waals surface area contributed by atoms with E-state index < -0.39 is 0 Å². The molecule has 1 N–H and O–H groups in total. The van der Waals surface area contributed by atoms with Crippen molar-refractivity contribution in [2.45, 2.75) is 104 Å². The van der Waals surface area contributed by atoms with Crippen LogP contribution in [-0.4, -0.2) is 21.3 Å². The van der Waals surface area contributed by atoms with E-state index in [0.29, 0.717) is 24.4 Å². The number of hydrogen-bond acceptors (Lipinski definition) is 5. The number of aromatic nitrogens is 2. The lowest BCUT2D eigenvalue weighted by Gasteiger charge is -2.09. The second-order valence-electron chi connectivity index (χ2n) is 12.2. The first kappa shape index (κ1) is 39.3. The van der Waals surface area contributed by atoms with Crippen LogP contribution in [0.1, 0.15) is 99.8 Å². The average Bonchev–Trinajstić information content (AvgIpc) is 3.37. The fourth-order valence-electron chi connectivity index (χ4n) is 5.16. The Bertz CT molecular complexity index is 1570. The third kappa shape index (κ3) is 16.2. The number of unbranched alkanes of at least 4 members (excludes halogenated alkanes) is 3. The molecule has 0 saturated heterocycles. The minimum Gasteiger partial charge on any atom is -0.494 e. The Kier molecular flexibility index (Phi) is 19.3. The molecule has 0 aliphatic heterocycles. The van der Waals surface area contributed by atoms with Crippen LogP contribution in [0.15, 0.2) is 120 Å². The number of thiazole rings is 1. The predicted molar refractivity (Wildman–Crippen MR) is 209 cm³/mol. The topological polar surface area (TPSA) is 64.3 Å². The van der Waals surface area contributed by atoms with Crippen molar-refractivity contribution in [2.24, 2.45) is 0 Å². The number of allylic oxidation sites excluding steroid dienone is 11. The molecule has 0 radical (unpaired) electrons. The lowest BCUT2D eigenvalue weighted by molar-refractivity contribution is 0.320. The van der Waals surface area contributed by atoms with Gasteiger partial charge in [0, 0.05) is 24.7 Å². The van der Waals surface area contributed by atoms with Crippen LogP contribution in [0.4, 0.5) is 0 Å². The van der Waals surface area contributed by atoms with Gasteiger partial charge in [-0.15, -0.1) is 0 Å². The monoisotopic (exact) mass is 680 g/mol. The van der Waals surface area contributed by atoms with Gasteiger partial charge >= 0.3 is 4.87 Å². The molecule has 5 nitrogen and oxygen atoms in total. The highest BCUT2D eigenvalue weighted by Crippen LogP contribution is 2.26. The third-order valence-electron chi connectivity index (χ3n) is 8.09. The molecule has 0 unspecified atom stereocenters. The summed E-state index contributed by atoms with van der Waals surface area (Å²) in [5, 5.41) is 10.8. The van der Waals surface area contributed by atoms with Crippen molar-refractivity contribution in [2.75, 3.05) is 6.61 Å². The maximum absolute atomic E-state index is 12.7. The molecule has 0 aliphatic rings. The summed E-state index contributed by atoms with van der Waals surface area (Å²) in [6, 6.07) is 12.0. The molecule has 49 heavy (non-hydrogen) atoms. The molecule has 0 fully saturated rings. The van der Waals surface area contributed by atoms with E-state index in [1.807, 2.05) is 30.5 Å². The first-order chi connectivity index (χ1) is 24.0. The number of ether oxygens (including phenoxy) is 1. The third-order valence-corrected chi connectivity index (χ3v) is 9.05. The van der Waals surface area contributed by atoms with E-state index in [-0.39, 0.29) is 10.8 Å². The van der Waals surface area contributed by atoms with Crippen molar-refractivity contribution in [3.8, 4) is 11.6 Å². The Morgan fingerprint density at radius 3 is 2.08 bits per heavy atom. The Balaban J connectivity index is 1.27. The summed E-state index contributed by atoms with van der Waals surface area (Å²) in [6.07, 6.45) is 36.7. The minimum absolute atomic E-state index is 0.0523. The van der Waals surface area contributed by atoms with E-state index in [1.54, 1.807) is 0 Å². The number of nitrogens with zero attached hydrogens (tertiary/aromatic N) is 2. The maximum atomic E-state index is 12.7. The summed E-state index contributed by atoms with van der Waals surface area (Å²) in [7, 11) is 0. The molecule has 6 heteroatoms. The molecule has 262 valence electrons. The van der Waals surface area contributed by atoms with Crippen LogP contribution in [0.3, 0.4) is 0 Å². The Morgan fingerprint density at radius 1 is 0.837 bits per heavy atom. The van der Waals surface area contributed by atoms with E-state index in [0.717, 1.165) is 111 Å². The van der Waals surface area contributed by atoms with Gasteiger partial charge < -0.3 is 9.84 Å². The number of rotatable bonds is 24. The first-order valence-corrected chi connectivity index (χ1v) is 18.8. The number of aryl methyl sites for hydroxylation is 1. The van der Waals surface area contributed by atoms with Gasteiger partial charge in [0.25, 0.3) is 0 Å². The van der Waals surface area contributed by atoms with Crippen molar-refractivity contribution in [1.29, 1.82) is 0 Å². The summed E-state index contributed by atoms with van der Waals surface area (Å²) in [6.45, 7) is 9.38. The molecule has 0 amide bonds. The second kappa shape index (κ2) is 24.0. The number of hydrogen-bond donors (Lipinski definition) is 1. The molecule has 3 aromatic rings. The smallest absolute Gasteiger partial charge is 0.310 e. The molecule has 0 spiro atoms. The van der Waals surface area contributed by atoms with Crippen LogP contribution in [-0.2, 0) is 25.8 Å². The van der Waals surface area contributed by atoms with Gasteiger partial charge in [-0.25, -0.2) is 0 Å². The van der Waals surface area contributed by atoms with Gasteiger partial charge in [-0.05, 0) is 93.5 Å². The van der Waals surface area contributed by atoms with Gasteiger partial charge in [-0.1, -0.05) is 123 Å². The molecule has 0 bridgehead atoms. The van der Waals surface area contributed by atoms with Crippen molar-refractivity contribution in [3.05, 3.63) is 147 Å². The van der Waals surface area contributed by atoms with Crippen LogP contribution >= 0.6 is 11.3 Å². The van der Waals surface area contributed by atoms with Gasteiger partial charge in [0.15, 0.2) is 0 Å². The molecule has 0 aliphatic carbocycles. The Hall–Kier alpha value is -4.16. The van der Waals surface area contributed by atoms with Crippen LogP contribution in [0.25, 0.3) is 0 Å². The summed E-state index contributed by atoms with van der Waals surface area (Å²) in [5.41, 5.74) is 4.23. The van der Waals surface area contributed by atoms with Crippen LogP contribution in [0, 0.1) is 0 Å². The molecule has 1 aromatic carbocycles. The van der Waals surface area contributed by atoms with Crippen molar-refractivity contribution in [3.63, 3.8) is 0 Å². The highest BCUT2D eigenvalue weighted by molar-refractivity contribution is 7.09. The first-order valence-electron chi connectivity index (χ1n) is 18.0. The standard InChI is InChI=1S/C43H56N2O3S/c1-4-6-7-8-9-10-11-12-13-14-15-16-17-18-19-20-21-22-23-24-36(3)35-45-42(46)41(49-43(45)47)33-38-26-29-40(30-27-38)48-32-31-39-28-25-37(5-2)34-44-39/h6-7,9-10,12-13,15-16,18-19,25-30,34,46H,3-5,8,11,14,17,20-24,31-33,35H2,1-2H3. The lowest BCUT2D eigenvalue weighted by Crippen LogP contribution is -2.13. The average molecular weight is 681 g/mol. The van der Waals surface area contributed by atoms with Crippen molar-refractivity contribution < 1.29 is 9.84 Å². The number of pyridine rings is 1. The molecule has 0 saturated carbocycles. The predicted octanol–water partition coefficient (Wildman–Crippen LogP) is 11.0. The quantitative estimate of drug-likeness (QED) is 0.0755. The summed E-state index contributed by atoms with van der Waals surface area (Å²) < 4.78 is 7.36. The van der Waals surface area contributed by atoms with Gasteiger partial charge in [0.2, 0.25) is 5.88 Å². The van der Waals surface area contributed by atoms with E-state index in [2.05, 4.69) is 98.3 Å². The van der Waals surface area contributed by atoms with Gasteiger partial charge in [-0.2, -0.15) is 0 Å². The normalized spacial score (nSPS) is 12.1. The van der Waals surface area contributed by atoms with Gasteiger partial charge in [0.1, 0.15) is 5.75 Å². The molecule has 2 aromatic heterocycles. The number of aromatic hydroxyl groups is 1. The maximum Gasteiger partial charge on any atom is 0.310 e. The minimum atomic E-state index is -0.146. The highest BCUT2D eigenvalue weighted by Gasteiger charge is 2.15. The van der Waals surface area contributed by atoms with E-state index in [1.165, 1.54) is 10.1 Å². The van der Waals surface area contributed by atoms with E-state index in [4.69, 9.17) is 4.74 Å². The van der Waals surface area contributed by atoms with Gasteiger partial charge in [0.05, 0.1) is 18.0 Å². The summed E-state index contributed by atoms with van der Waals surface area (Å²) in [4.78, 5) is 17.7. The number of benzene rings is 1. The van der Waals surface area contributed by atoms with Crippen LogP contribution in [0.5, 0.6) is 11.6 Å². The SMILES string of the molecule is C=C(CCCCCC=CCC=CCC=CCC=CCC=CCC)Cn1c(O)c(Cc2ccc(OCCc3ccc(CC)cn3)cc2)sc1=O. The van der Waals surface area contributed by atoms with Crippen LogP contribution < -0.4 is 9.61 Å². The molecule has 3 rings (SSSR count). The zero-order valence-electron chi connectivity index (χ0n) is 29.7. The molecular weight excluding hydrogens is 625 g/mol. The van der Waals surface area contributed by atoms with Gasteiger partial charge in [-0.3, -0.25) is 14.3 Å². The summed E-state index contributed by atoms with van der Waals surface area (Å²) in [5.74, 6) is 0.842. The zero-order chi connectivity index (χ0) is 34.9. The second-order valence-corrected chi connectivity index (χ2v) is 13.2.